The standard InChI is InChI=1S/C19H18OS/c1-3-16(19(21)20-2)17-10-6-9-15-11-13-7-4-5-8-14(13)12-18(15)17/h4-12,16H,3H2,1-2H3. The summed E-state index contributed by atoms with van der Waals surface area (Å²) in [6, 6.07) is 19.4. The van der Waals surface area contributed by atoms with Gasteiger partial charge in [0.25, 0.3) is 0 Å². The van der Waals surface area contributed by atoms with Crippen LogP contribution in [0.25, 0.3) is 21.5 Å². The molecule has 1 nitrogen and oxygen atoms in total. The largest absolute Gasteiger partial charge is 0.490 e. The highest BCUT2D eigenvalue weighted by atomic mass is 32.1. The van der Waals surface area contributed by atoms with Gasteiger partial charge in [0, 0.05) is 0 Å². The van der Waals surface area contributed by atoms with Crippen LogP contribution in [0.5, 0.6) is 0 Å². The zero-order valence-corrected chi connectivity index (χ0v) is 13.1. The molecular formula is C19H18OS. The maximum atomic E-state index is 5.39. The van der Waals surface area contributed by atoms with Crippen LogP contribution in [0.2, 0.25) is 0 Å². The van der Waals surface area contributed by atoms with E-state index in [-0.39, 0.29) is 5.92 Å². The van der Waals surface area contributed by atoms with E-state index in [1.165, 1.54) is 27.1 Å². The van der Waals surface area contributed by atoms with Crippen LogP contribution in [0.1, 0.15) is 24.8 Å². The number of hydrogen-bond donors (Lipinski definition) is 0. The van der Waals surface area contributed by atoms with E-state index in [0.717, 1.165) is 6.42 Å². The van der Waals surface area contributed by atoms with Crippen molar-refractivity contribution in [2.45, 2.75) is 19.3 Å². The van der Waals surface area contributed by atoms with E-state index in [4.69, 9.17) is 17.0 Å². The van der Waals surface area contributed by atoms with Crippen molar-refractivity contribution in [1.29, 1.82) is 0 Å². The summed E-state index contributed by atoms with van der Waals surface area (Å²) in [7, 11) is 1.66. The van der Waals surface area contributed by atoms with Crippen LogP contribution in [0.15, 0.2) is 54.6 Å². The quantitative estimate of drug-likeness (QED) is 0.468. The summed E-state index contributed by atoms with van der Waals surface area (Å²) in [5, 5.41) is 5.71. The summed E-state index contributed by atoms with van der Waals surface area (Å²) in [4.78, 5) is 0. The lowest BCUT2D eigenvalue weighted by Gasteiger charge is -2.18. The normalized spacial score (nSPS) is 12.5. The van der Waals surface area contributed by atoms with Crippen molar-refractivity contribution in [3.8, 4) is 0 Å². The summed E-state index contributed by atoms with van der Waals surface area (Å²) in [6.07, 6.45) is 0.943. The van der Waals surface area contributed by atoms with E-state index in [2.05, 4.69) is 61.5 Å². The van der Waals surface area contributed by atoms with Crippen LogP contribution in [0.4, 0.5) is 0 Å². The minimum Gasteiger partial charge on any atom is -0.490 e. The van der Waals surface area contributed by atoms with Gasteiger partial charge in [0.1, 0.15) is 0 Å². The van der Waals surface area contributed by atoms with Gasteiger partial charge in [-0.2, -0.15) is 0 Å². The van der Waals surface area contributed by atoms with Gasteiger partial charge in [-0.15, -0.1) is 0 Å². The maximum absolute atomic E-state index is 5.39. The molecule has 0 aliphatic rings. The Bertz CT molecular complexity index is 807. The molecule has 0 aliphatic heterocycles. The predicted molar refractivity (Wildman–Crippen MR) is 94.1 cm³/mol. The van der Waals surface area contributed by atoms with Gasteiger partial charge in [0.05, 0.1) is 13.0 Å². The Hall–Kier alpha value is -1.93. The minimum atomic E-state index is 0.162. The van der Waals surface area contributed by atoms with Crippen LogP contribution in [-0.2, 0) is 4.74 Å². The second-order valence-corrected chi connectivity index (χ2v) is 5.65. The molecule has 0 N–H and O–H groups in total. The molecule has 21 heavy (non-hydrogen) atoms. The molecule has 0 aliphatic carbocycles. The summed E-state index contributed by atoms with van der Waals surface area (Å²) < 4.78 is 5.33. The number of benzene rings is 3. The van der Waals surface area contributed by atoms with Gasteiger partial charge in [-0.05, 0) is 57.9 Å². The molecule has 0 fully saturated rings. The van der Waals surface area contributed by atoms with Crippen molar-refractivity contribution in [2.24, 2.45) is 0 Å². The lowest BCUT2D eigenvalue weighted by Crippen LogP contribution is -2.11. The summed E-state index contributed by atoms with van der Waals surface area (Å²) >= 11 is 5.39. The molecule has 0 radical (unpaired) electrons. The van der Waals surface area contributed by atoms with Gasteiger partial charge in [-0.1, -0.05) is 49.4 Å². The third-order valence-electron chi connectivity index (χ3n) is 4.05. The number of fused-ring (bicyclic) bond motifs is 2. The van der Waals surface area contributed by atoms with Crippen molar-refractivity contribution < 1.29 is 4.74 Å². The average Bonchev–Trinajstić information content (AvgIpc) is 2.53. The molecule has 0 bridgehead atoms. The first-order chi connectivity index (χ1) is 10.2. The van der Waals surface area contributed by atoms with Crippen LogP contribution >= 0.6 is 12.2 Å². The number of thiocarbonyl (C=S) groups is 1. The summed E-state index contributed by atoms with van der Waals surface area (Å²) in [5.74, 6) is 0.162. The molecule has 0 spiro atoms. The van der Waals surface area contributed by atoms with Crippen LogP contribution in [0, 0.1) is 0 Å². The fourth-order valence-electron chi connectivity index (χ4n) is 2.95. The first kappa shape index (κ1) is 14.0. The predicted octanol–water partition coefficient (Wildman–Crippen LogP) is 5.46. The Morgan fingerprint density at radius 1 is 1.00 bits per heavy atom. The maximum Gasteiger partial charge on any atom is 0.166 e. The number of hydrogen-bond acceptors (Lipinski definition) is 2. The monoisotopic (exact) mass is 294 g/mol. The molecule has 3 aromatic carbocycles. The number of ether oxygens (including phenoxy) is 1. The molecule has 2 heteroatoms. The van der Waals surface area contributed by atoms with Crippen molar-refractivity contribution in [3.05, 3.63) is 60.2 Å². The highest BCUT2D eigenvalue weighted by Crippen LogP contribution is 2.32. The third kappa shape index (κ3) is 2.52. The Labute approximate surface area is 130 Å². The Morgan fingerprint density at radius 2 is 1.67 bits per heavy atom. The van der Waals surface area contributed by atoms with Crippen molar-refractivity contribution >= 4 is 38.8 Å². The average molecular weight is 294 g/mol. The molecule has 0 saturated carbocycles. The van der Waals surface area contributed by atoms with Crippen molar-refractivity contribution in [1.82, 2.24) is 0 Å². The summed E-state index contributed by atoms with van der Waals surface area (Å²) in [6.45, 7) is 2.15. The van der Waals surface area contributed by atoms with Crippen LogP contribution in [0.3, 0.4) is 0 Å². The van der Waals surface area contributed by atoms with Crippen LogP contribution < -0.4 is 0 Å². The molecule has 0 amide bonds. The molecule has 106 valence electrons. The molecule has 0 aromatic heterocycles. The van der Waals surface area contributed by atoms with Crippen LogP contribution in [-0.4, -0.2) is 12.2 Å². The highest BCUT2D eigenvalue weighted by molar-refractivity contribution is 7.80. The number of methoxy groups -OCH3 is 1. The van der Waals surface area contributed by atoms with E-state index >= 15 is 0 Å². The molecule has 0 saturated heterocycles. The topological polar surface area (TPSA) is 9.23 Å². The molecule has 3 rings (SSSR count). The van der Waals surface area contributed by atoms with Gasteiger partial charge in [-0.3, -0.25) is 0 Å². The lowest BCUT2D eigenvalue weighted by atomic mass is 9.90. The zero-order valence-electron chi connectivity index (χ0n) is 12.3. The SMILES string of the molecule is CCC(C(=S)OC)c1cccc2cc3ccccc3cc12. The fourth-order valence-corrected chi connectivity index (χ4v) is 3.24. The molecular weight excluding hydrogens is 276 g/mol. The lowest BCUT2D eigenvalue weighted by molar-refractivity contribution is 0.393. The highest BCUT2D eigenvalue weighted by Gasteiger charge is 2.18. The minimum absolute atomic E-state index is 0.162. The second kappa shape index (κ2) is 5.82. The fraction of sp³-hybridized carbons (Fsp3) is 0.211. The third-order valence-corrected chi connectivity index (χ3v) is 4.50. The molecule has 0 heterocycles. The zero-order chi connectivity index (χ0) is 14.8. The van der Waals surface area contributed by atoms with Crippen molar-refractivity contribution in [3.63, 3.8) is 0 Å². The van der Waals surface area contributed by atoms with Gasteiger partial charge < -0.3 is 4.74 Å². The van der Waals surface area contributed by atoms with E-state index in [1.807, 2.05) is 0 Å². The summed E-state index contributed by atoms with van der Waals surface area (Å²) in [5.41, 5.74) is 1.26. The van der Waals surface area contributed by atoms with E-state index in [9.17, 15) is 0 Å². The Kier molecular flexibility index (Phi) is 3.89. The van der Waals surface area contributed by atoms with E-state index in [0.29, 0.717) is 5.05 Å². The smallest absolute Gasteiger partial charge is 0.166 e. The molecule has 3 aromatic rings. The van der Waals surface area contributed by atoms with Gasteiger partial charge in [-0.25, -0.2) is 0 Å². The first-order valence-corrected chi connectivity index (χ1v) is 7.64. The van der Waals surface area contributed by atoms with E-state index < -0.39 is 0 Å². The Morgan fingerprint density at radius 3 is 2.33 bits per heavy atom. The molecule has 1 atom stereocenters. The van der Waals surface area contributed by atoms with Crippen molar-refractivity contribution in [2.75, 3.05) is 7.11 Å². The van der Waals surface area contributed by atoms with Gasteiger partial charge >= 0.3 is 0 Å². The Balaban J connectivity index is 2.27. The van der Waals surface area contributed by atoms with Gasteiger partial charge in [0.15, 0.2) is 5.05 Å². The second-order valence-electron chi connectivity index (χ2n) is 5.25. The van der Waals surface area contributed by atoms with E-state index in [1.54, 1.807) is 7.11 Å². The number of rotatable bonds is 3. The van der Waals surface area contributed by atoms with Gasteiger partial charge in [0.2, 0.25) is 0 Å². The first-order valence-electron chi connectivity index (χ1n) is 7.24. The molecule has 1 unspecified atom stereocenters.